The summed E-state index contributed by atoms with van der Waals surface area (Å²) in [5, 5.41) is 15.9. The number of rotatable bonds is 15. The minimum absolute atomic E-state index is 0.0708. The molecule has 1 heterocycles. The molecule has 0 aliphatic carbocycles. The highest BCUT2D eigenvalue weighted by Crippen LogP contribution is 2.30. The molecule has 3 N–H and O–H groups in total. The molecular weight excluding hydrogens is 530 g/mol. The van der Waals surface area contributed by atoms with Gasteiger partial charge in [-0.1, -0.05) is 19.4 Å². The van der Waals surface area contributed by atoms with E-state index in [1.54, 1.807) is 26.1 Å². The first-order valence-corrected chi connectivity index (χ1v) is 14.6. The molecule has 0 saturated carbocycles. The third-order valence-corrected chi connectivity index (χ3v) is 7.46. The Morgan fingerprint density at radius 3 is 2.48 bits per heavy atom. The molecule has 3 rings (SSSR count). The van der Waals surface area contributed by atoms with Gasteiger partial charge in [-0.2, -0.15) is 0 Å². The van der Waals surface area contributed by atoms with Gasteiger partial charge in [0.05, 0.1) is 19.8 Å². The molecule has 0 spiro atoms. The van der Waals surface area contributed by atoms with E-state index < -0.39 is 0 Å². The molecule has 1 aromatic heterocycles. The van der Waals surface area contributed by atoms with E-state index in [-0.39, 0.29) is 24.5 Å². The average Bonchev–Trinajstić information content (AvgIpc) is 3.37. The lowest BCUT2D eigenvalue weighted by Gasteiger charge is -2.21. The van der Waals surface area contributed by atoms with Crippen LogP contribution in [-0.4, -0.2) is 85.3 Å². The van der Waals surface area contributed by atoms with Crippen molar-refractivity contribution < 1.29 is 19.4 Å². The van der Waals surface area contributed by atoms with Gasteiger partial charge in [-0.15, -0.1) is 0 Å². The second-order valence-electron chi connectivity index (χ2n) is 11.0. The number of methoxy groups -OCH3 is 1. The van der Waals surface area contributed by atoms with Crippen LogP contribution in [0.15, 0.2) is 48.7 Å². The van der Waals surface area contributed by atoms with Gasteiger partial charge in [0.25, 0.3) is 11.8 Å². The maximum Gasteiger partial charge on any atom is 0.269 e. The molecule has 0 radical (unpaired) electrons. The second-order valence-corrected chi connectivity index (χ2v) is 11.0. The molecule has 42 heavy (non-hydrogen) atoms. The topological polar surface area (TPSA) is 99.1 Å². The van der Waals surface area contributed by atoms with Crippen LogP contribution in [0.2, 0.25) is 0 Å². The first kappa shape index (κ1) is 32.7. The number of unbranched alkanes of at least 4 members (excludes halogenated alkanes) is 1. The second kappa shape index (κ2) is 15.4. The summed E-state index contributed by atoms with van der Waals surface area (Å²) in [6.07, 6.45) is 4.14. The van der Waals surface area contributed by atoms with Crippen molar-refractivity contribution in [3.63, 3.8) is 0 Å². The Morgan fingerprint density at radius 2 is 1.81 bits per heavy atom. The third kappa shape index (κ3) is 8.59. The van der Waals surface area contributed by atoms with E-state index in [0.717, 1.165) is 60.4 Å². The molecule has 3 aromatic rings. The Morgan fingerprint density at radius 1 is 1.05 bits per heavy atom. The van der Waals surface area contributed by atoms with Gasteiger partial charge in [0, 0.05) is 63.8 Å². The van der Waals surface area contributed by atoms with Gasteiger partial charge in [0.2, 0.25) is 0 Å². The fourth-order valence-electron chi connectivity index (χ4n) is 4.87. The van der Waals surface area contributed by atoms with Crippen molar-refractivity contribution in [1.82, 2.24) is 19.7 Å². The first-order chi connectivity index (χ1) is 20.1. The van der Waals surface area contributed by atoms with Gasteiger partial charge in [0.1, 0.15) is 11.4 Å². The molecule has 9 nitrogen and oxygen atoms in total. The Kier molecular flexibility index (Phi) is 12.0. The van der Waals surface area contributed by atoms with Crippen LogP contribution in [-0.2, 0) is 7.05 Å². The molecule has 1 unspecified atom stereocenters. The fourth-order valence-corrected chi connectivity index (χ4v) is 4.87. The highest BCUT2D eigenvalue weighted by atomic mass is 16.5. The zero-order valence-corrected chi connectivity index (χ0v) is 26.2. The minimum atomic E-state index is -0.292. The van der Waals surface area contributed by atoms with Crippen LogP contribution in [0.1, 0.15) is 64.7 Å². The molecule has 1 atom stereocenters. The quantitative estimate of drug-likeness (QED) is 0.242. The Bertz CT molecular complexity index is 1350. The number of nitrogens with zero attached hydrogens (tertiary/aromatic N) is 3. The fraction of sp³-hybridized carbons (Fsp3) is 0.455. The van der Waals surface area contributed by atoms with Crippen molar-refractivity contribution in [1.29, 1.82) is 0 Å². The van der Waals surface area contributed by atoms with E-state index in [1.807, 2.05) is 74.1 Å². The standard InChI is InChI=1S/C33H47N5O4/c1-8-9-13-38(15-16-39)14-12-34-28-11-10-23(2)30(21-28)32(40)35-24(3)25-17-26(19-29(18-25)42-7)27-20-31(37(6)22-27)33(41)36(4)5/h10-11,17-22,24,34,39H,8-9,12-16H2,1-7H3,(H,35,40). The molecule has 0 saturated heterocycles. The summed E-state index contributed by atoms with van der Waals surface area (Å²) in [5.41, 5.74) is 5.66. The van der Waals surface area contributed by atoms with Crippen LogP contribution in [0.4, 0.5) is 5.69 Å². The van der Waals surface area contributed by atoms with E-state index >= 15 is 0 Å². The number of ether oxygens (including phenoxy) is 1. The monoisotopic (exact) mass is 577 g/mol. The number of aromatic nitrogens is 1. The maximum absolute atomic E-state index is 13.4. The van der Waals surface area contributed by atoms with Crippen molar-refractivity contribution in [3.8, 4) is 16.9 Å². The number of aliphatic hydroxyl groups is 1. The number of anilines is 1. The Labute approximate surface area is 250 Å². The lowest BCUT2D eigenvalue weighted by Crippen LogP contribution is -2.32. The number of amides is 2. The largest absolute Gasteiger partial charge is 0.497 e. The van der Waals surface area contributed by atoms with E-state index in [0.29, 0.717) is 23.6 Å². The van der Waals surface area contributed by atoms with Crippen LogP contribution >= 0.6 is 0 Å². The number of benzene rings is 2. The lowest BCUT2D eigenvalue weighted by atomic mass is 10.00. The summed E-state index contributed by atoms with van der Waals surface area (Å²) in [6.45, 7) is 9.35. The van der Waals surface area contributed by atoms with Gasteiger partial charge < -0.3 is 29.9 Å². The van der Waals surface area contributed by atoms with Gasteiger partial charge in [-0.05, 0) is 79.9 Å². The summed E-state index contributed by atoms with van der Waals surface area (Å²) in [4.78, 5) is 29.8. The van der Waals surface area contributed by atoms with Crippen LogP contribution in [0, 0.1) is 6.92 Å². The lowest BCUT2D eigenvalue weighted by molar-refractivity contribution is 0.0818. The summed E-state index contributed by atoms with van der Waals surface area (Å²) < 4.78 is 7.41. The molecule has 0 fully saturated rings. The summed E-state index contributed by atoms with van der Waals surface area (Å²) >= 11 is 0. The predicted molar refractivity (Wildman–Crippen MR) is 169 cm³/mol. The average molecular weight is 578 g/mol. The van der Waals surface area contributed by atoms with E-state index in [2.05, 4.69) is 22.5 Å². The molecular formula is C33H47N5O4. The number of hydrogen-bond acceptors (Lipinski definition) is 6. The number of aliphatic hydroxyl groups excluding tert-OH is 1. The normalized spacial score (nSPS) is 11.8. The van der Waals surface area contributed by atoms with Crippen LogP contribution < -0.4 is 15.4 Å². The zero-order valence-electron chi connectivity index (χ0n) is 26.2. The van der Waals surface area contributed by atoms with Crippen molar-refractivity contribution in [3.05, 3.63) is 71.0 Å². The van der Waals surface area contributed by atoms with E-state index in [1.165, 1.54) is 0 Å². The predicted octanol–water partition coefficient (Wildman–Crippen LogP) is 4.71. The molecule has 2 amide bonds. The first-order valence-electron chi connectivity index (χ1n) is 14.6. The highest BCUT2D eigenvalue weighted by Gasteiger charge is 2.18. The molecule has 2 aromatic carbocycles. The van der Waals surface area contributed by atoms with Crippen LogP contribution in [0.3, 0.4) is 0 Å². The molecule has 0 aliphatic heterocycles. The highest BCUT2D eigenvalue weighted by molar-refractivity contribution is 5.97. The number of carbonyl (C=O) groups excluding carboxylic acids is 2. The molecule has 0 bridgehead atoms. The van der Waals surface area contributed by atoms with Gasteiger partial charge in [0.15, 0.2) is 0 Å². The van der Waals surface area contributed by atoms with Crippen molar-refractivity contribution in [2.75, 3.05) is 59.3 Å². The maximum atomic E-state index is 13.4. The van der Waals surface area contributed by atoms with Crippen molar-refractivity contribution in [2.24, 2.45) is 7.05 Å². The molecule has 9 heteroatoms. The number of aryl methyl sites for hydroxylation is 2. The zero-order chi connectivity index (χ0) is 30.8. The Hall–Kier alpha value is -3.82. The van der Waals surface area contributed by atoms with E-state index in [9.17, 15) is 14.7 Å². The minimum Gasteiger partial charge on any atom is -0.497 e. The van der Waals surface area contributed by atoms with Gasteiger partial charge >= 0.3 is 0 Å². The third-order valence-electron chi connectivity index (χ3n) is 7.46. The number of hydrogen-bond donors (Lipinski definition) is 3. The van der Waals surface area contributed by atoms with E-state index in [4.69, 9.17) is 4.74 Å². The smallest absolute Gasteiger partial charge is 0.269 e. The summed E-state index contributed by atoms with van der Waals surface area (Å²) in [7, 11) is 6.94. The molecule has 228 valence electrons. The van der Waals surface area contributed by atoms with Crippen molar-refractivity contribution >= 4 is 17.5 Å². The van der Waals surface area contributed by atoms with Crippen LogP contribution in [0.5, 0.6) is 5.75 Å². The summed E-state index contributed by atoms with van der Waals surface area (Å²) in [5.74, 6) is 0.444. The van der Waals surface area contributed by atoms with Crippen LogP contribution in [0.25, 0.3) is 11.1 Å². The number of carbonyl (C=O) groups is 2. The SMILES string of the molecule is CCCCN(CCO)CCNc1ccc(C)c(C(=O)NC(C)c2cc(OC)cc(-c3cc(C(=O)N(C)C)n(C)c3)c2)c1. The Balaban J connectivity index is 1.75. The summed E-state index contributed by atoms with van der Waals surface area (Å²) in [6, 6.07) is 13.3. The number of nitrogens with one attached hydrogen (secondary N) is 2. The van der Waals surface area contributed by atoms with Crippen molar-refractivity contribution in [2.45, 2.75) is 39.7 Å². The van der Waals surface area contributed by atoms with Gasteiger partial charge in [-0.25, -0.2) is 0 Å². The van der Waals surface area contributed by atoms with Gasteiger partial charge in [-0.3, -0.25) is 14.5 Å². The molecule has 0 aliphatic rings.